The molecule has 3 aliphatic heterocycles. The van der Waals surface area contributed by atoms with Gasteiger partial charge in [0.05, 0.1) is 24.6 Å². The minimum atomic E-state index is -1.88. The molecule has 0 bridgehead atoms. The quantitative estimate of drug-likeness (QED) is 0.326. The van der Waals surface area contributed by atoms with E-state index in [1.807, 2.05) is 31.2 Å². The van der Waals surface area contributed by atoms with Crippen LogP contribution in [0.3, 0.4) is 0 Å². The highest BCUT2D eigenvalue weighted by atomic mass is 28.4. The number of carbonyl (C=O) groups is 3. The zero-order valence-electron chi connectivity index (χ0n) is 20.1. The number of allylic oxidation sites excluding steroid dienone is 1. The number of carboxylic acids is 1. The van der Waals surface area contributed by atoms with Crippen LogP contribution in [-0.2, 0) is 25.3 Å². The van der Waals surface area contributed by atoms with Gasteiger partial charge in [0.1, 0.15) is 12.3 Å². The number of ether oxygens (including phenoxy) is 1. The Labute approximate surface area is 200 Å². The fourth-order valence-corrected chi connectivity index (χ4v) is 6.65. The second-order valence-corrected chi connectivity index (χ2v) is 14.6. The van der Waals surface area contributed by atoms with Crippen LogP contribution in [0.5, 0.6) is 0 Å². The summed E-state index contributed by atoms with van der Waals surface area (Å²) in [5.41, 5.74) is 2.39. The van der Waals surface area contributed by atoms with Crippen LogP contribution in [0, 0.1) is 11.8 Å². The van der Waals surface area contributed by atoms with E-state index in [2.05, 4.69) is 26.2 Å². The summed E-state index contributed by atoms with van der Waals surface area (Å²) in [6, 6.07) is 7.27. The lowest BCUT2D eigenvalue weighted by Gasteiger charge is -2.49. The largest absolute Gasteiger partial charge is 0.477 e. The van der Waals surface area contributed by atoms with Crippen LogP contribution < -0.4 is 0 Å². The summed E-state index contributed by atoms with van der Waals surface area (Å²) in [7, 11) is -1.88. The molecule has 3 heterocycles. The van der Waals surface area contributed by atoms with Gasteiger partial charge in [-0.2, -0.15) is 0 Å². The predicted octanol–water partition coefficient (Wildman–Crippen LogP) is 3.71. The molecule has 8 nitrogen and oxygen atoms in total. The van der Waals surface area contributed by atoms with E-state index in [9.17, 15) is 19.5 Å². The molecule has 2 fully saturated rings. The van der Waals surface area contributed by atoms with E-state index in [0.717, 1.165) is 11.1 Å². The van der Waals surface area contributed by atoms with Crippen molar-refractivity contribution in [3.63, 3.8) is 0 Å². The number of benzene rings is 1. The Morgan fingerprint density at radius 3 is 2.50 bits per heavy atom. The van der Waals surface area contributed by atoms with Crippen molar-refractivity contribution in [2.75, 3.05) is 13.2 Å². The Balaban J connectivity index is 1.65. The highest BCUT2D eigenvalue weighted by molar-refractivity contribution is 6.69. The van der Waals surface area contributed by atoms with Gasteiger partial charge >= 0.3 is 12.1 Å². The zero-order valence-corrected chi connectivity index (χ0v) is 21.1. The van der Waals surface area contributed by atoms with Crippen LogP contribution in [0.25, 0.3) is 5.57 Å². The van der Waals surface area contributed by atoms with Crippen molar-refractivity contribution in [3.05, 3.63) is 53.7 Å². The van der Waals surface area contributed by atoms with E-state index in [1.54, 1.807) is 11.0 Å². The number of cyclic esters (lactones) is 1. The van der Waals surface area contributed by atoms with Crippen LogP contribution in [0.2, 0.25) is 19.6 Å². The standard InChI is InChI=1S/C25H32N2O6Si/c1-6-7-18-20(17-10-8-16(9-11-17)14-26-12-13-32-25(26)31)22(24(29)30)27-21(18)19(23(27)28)15(2)33-34(3,4)5/h6,8-11,15,18-19,21H,1,7,12-14H2,2-5H3,(H,29,30)/t15-,18?,19-,21-/m1/s1. The lowest BCUT2D eigenvalue weighted by Crippen LogP contribution is -2.64. The topological polar surface area (TPSA) is 96.4 Å². The van der Waals surface area contributed by atoms with Crippen LogP contribution in [0.1, 0.15) is 24.5 Å². The molecule has 1 aromatic rings. The zero-order chi connectivity index (χ0) is 24.8. The van der Waals surface area contributed by atoms with E-state index >= 15 is 0 Å². The molecule has 2 saturated heterocycles. The lowest BCUT2D eigenvalue weighted by atomic mass is 9.74. The summed E-state index contributed by atoms with van der Waals surface area (Å²) in [6.45, 7) is 13.4. The lowest BCUT2D eigenvalue weighted by molar-refractivity contribution is -0.162. The van der Waals surface area contributed by atoms with Crippen molar-refractivity contribution in [2.45, 2.75) is 51.7 Å². The molecule has 0 saturated carbocycles. The Morgan fingerprint density at radius 2 is 1.97 bits per heavy atom. The number of nitrogens with zero attached hydrogens (tertiary/aromatic N) is 2. The third-order valence-corrected chi connectivity index (χ3v) is 7.70. The van der Waals surface area contributed by atoms with Gasteiger partial charge < -0.3 is 24.1 Å². The van der Waals surface area contributed by atoms with E-state index in [-0.39, 0.29) is 41.7 Å². The van der Waals surface area contributed by atoms with Gasteiger partial charge in [0, 0.05) is 12.5 Å². The number of hydrogen-bond acceptors (Lipinski definition) is 5. The van der Waals surface area contributed by atoms with Gasteiger partial charge in [-0.25, -0.2) is 9.59 Å². The Morgan fingerprint density at radius 1 is 1.29 bits per heavy atom. The molecule has 1 aromatic carbocycles. The summed E-state index contributed by atoms with van der Waals surface area (Å²) >= 11 is 0. The van der Waals surface area contributed by atoms with Gasteiger partial charge in [-0.3, -0.25) is 4.79 Å². The maximum Gasteiger partial charge on any atom is 0.410 e. The fourth-order valence-electron chi connectivity index (χ4n) is 5.39. The molecular formula is C25H32N2O6Si. The average Bonchev–Trinajstić information content (AvgIpc) is 3.27. The normalized spacial score (nSPS) is 25.2. The molecule has 1 N–H and O–H groups in total. The van der Waals surface area contributed by atoms with E-state index in [4.69, 9.17) is 9.16 Å². The highest BCUT2D eigenvalue weighted by Gasteiger charge is 2.61. The highest BCUT2D eigenvalue weighted by Crippen LogP contribution is 2.52. The van der Waals surface area contributed by atoms with Crippen molar-refractivity contribution in [1.29, 1.82) is 0 Å². The Kier molecular flexibility index (Phi) is 6.43. The second-order valence-electron chi connectivity index (χ2n) is 10.1. The summed E-state index contributed by atoms with van der Waals surface area (Å²) < 4.78 is 11.2. The molecule has 1 unspecified atom stereocenters. The summed E-state index contributed by atoms with van der Waals surface area (Å²) in [5.74, 6) is -1.87. The predicted molar refractivity (Wildman–Crippen MR) is 129 cm³/mol. The second kappa shape index (κ2) is 9.03. The third kappa shape index (κ3) is 4.30. The monoisotopic (exact) mass is 484 g/mol. The third-order valence-electron chi connectivity index (χ3n) is 6.62. The number of amides is 2. The fraction of sp³-hybridized carbons (Fsp3) is 0.480. The van der Waals surface area contributed by atoms with Gasteiger partial charge in [-0.15, -0.1) is 6.58 Å². The number of β-lactam (4-membered cyclic amide) rings is 1. The van der Waals surface area contributed by atoms with E-state index < -0.39 is 14.3 Å². The number of rotatable bonds is 9. The first-order chi connectivity index (χ1) is 16.0. The van der Waals surface area contributed by atoms with Gasteiger partial charge in [-0.05, 0) is 49.7 Å². The molecule has 0 aromatic heterocycles. The number of aliphatic carboxylic acids is 1. The van der Waals surface area contributed by atoms with Crippen LogP contribution in [0.15, 0.2) is 42.6 Å². The number of carbonyl (C=O) groups excluding carboxylic acids is 2. The SMILES string of the molecule is C=CCC1C(c2ccc(CN3CCOC3=O)cc2)=C(C(=O)O)N2C(=O)[C@H]([C@@H](C)O[Si](C)(C)C)[C@@H]12. The number of carboxylic acid groups (broad SMARTS) is 1. The van der Waals surface area contributed by atoms with Gasteiger partial charge in [0.15, 0.2) is 8.32 Å². The Bertz CT molecular complexity index is 1040. The first-order valence-electron chi connectivity index (χ1n) is 11.6. The maximum absolute atomic E-state index is 13.2. The van der Waals surface area contributed by atoms with E-state index in [1.165, 1.54) is 4.90 Å². The van der Waals surface area contributed by atoms with Crippen molar-refractivity contribution in [2.24, 2.45) is 11.8 Å². The molecule has 0 spiro atoms. The van der Waals surface area contributed by atoms with Gasteiger partial charge in [0.25, 0.3) is 0 Å². The van der Waals surface area contributed by atoms with Crippen LogP contribution >= 0.6 is 0 Å². The number of fused-ring (bicyclic) bond motifs is 1. The molecule has 4 atom stereocenters. The minimum absolute atomic E-state index is 0.0502. The summed E-state index contributed by atoms with van der Waals surface area (Å²) in [5, 5.41) is 10.1. The number of hydrogen-bond donors (Lipinski definition) is 1. The van der Waals surface area contributed by atoms with Crippen molar-refractivity contribution in [1.82, 2.24) is 9.80 Å². The van der Waals surface area contributed by atoms with E-state index in [0.29, 0.717) is 31.7 Å². The average molecular weight is 485 g/mol. The molecule has 4 rings (SSSR count). The molecular weight excluding hydrogens is 452 g/mol. The molecule has 34 heavy (non-hydrogen) atoms. The van der Waals surface area contributed by atoms with Gasteiger partial charge in [0.2, 0.25) is 5.91 Å². The molecule has 2 amide bonds. The first-order valence-corrected chi connectivity index (χ1v) is 15.0. The molecule has 0 aliphatic carbocycles. The molecule has 3 aliphatic rings. The van der Waals surface area contributed by atoms with Crippen molar-refractivity contribution < 1.29 is 28.7 Å². The smallest absolute Gasteiger partial charge is 0.410 e. The van der Waals surface area contributed by atoms with Crippen molar-refractivity contribution in [3.8, 4) is 0 Å². The first kappa shape index (κ1) is 24.2. The summed E-state index contributed by atoms with van der Waals surface area (Å²) in [4.78, 5) is 40.4. The minimum Gasteiger partial charge on any atom is -0.477 e. The van der Waals surface area contributed by atoms with Gasteiger partial charge in [-0.1, -0.05) is 30.3 Å². The van der Waals surface area contributed by atoms with Crippen LogP contribution in [-0.4, -0.2) is 66.5 Å². The molecule has 0 radical (unpaired) electrons. The summed E-state index contributed by atoms with van der Waals surface area (Å²) in [6.07, 6.45) is 1.72. The maximum atomic E-state index is 13.2. The Hall–Kier alpha value is -2.91. The molecule has 9 heteroatoms. The molecule has 182 valence electrons. The van der Waals surface area contributed by atoms with Crippen LogP contribution in [0.4, 0.5) is 4.79 Å². The van der Waals surface area contributed by atoms with Crippen molar-refractivity contribution >= 4 is 31.9 Å².